The SMILES string of the molecule is CCCN1C(=O)N2C(C)c3[nH]c4ccccc4c3CC2C1O. The molecule has 0 bridgehead atoms. The van der Waals surface area contributed by atoms with Crippen LogP contribution in [-0.4, -0.2) is 44.7 Å². The van der Waals surface area contributed by atoms with E-state index in [-0.39, 0.29) is 18.1 Å². The number of aliphatic hydroxyl groups excluding tert-OH is 1. The van der Waals surface area contributed by atoms with Crippen LogP contribution in [0.5, 0.6) is 0 Å². The number of hydrogen-bond donors (Lipinski definition) is 2. The van der Waals surface area contributed by atoms with E-state index in [0.29, 0.717) is 13.0 Å². The fourth-order valence-corrected chi connectivity index (χ4v) is 4.03. The highest BCUT2D eigenvalue weighted by molar-refractivity contribution is 5.87. The van der Waals surface area contributed by atoms with Gasteiger partial charge >= 0.3 is 6.03 Å². The highest BCUT2D eigenvalue weighted by Crippen LogP contribution is 2.41. The van der Waals surface area contributed by atoms with Gasteiger partial charge in [0.1, 0.15) is 0 Å². The number of carbonyl (C=O) groups is 1. The summed E-state index contributed by atoms with van der Waals surface area (Å²) < 4.78 is 0. The molecule has 1 aromatic carbocycles. The molecular weight excluding hydrogens is 278 g/mol. The van der Waals surface area contributed by atoms with E-state index in [0.717, 1.165) is 17.6 Å². The number of nitrogens with zero attached hydrogens (tertiary/aromatic N) is 2. The molecule has 0 saturated carbocycles. The largest absolute Gasteiger partial charge is 0.371 e. The van der Waals surface area contributed by atoms with Gasteiger partial charge in [0.05, 0.1) is 12.1 Å². The first kappa shape index (κ1) is 13.6. The summed E-state index contributed by atoms with van der Waals surface area (Å²) in [6, 6.07) is 7.99. The van der Waals surface area contributed by atoms with Gasteiger partial charge < -0.3 is 15.0 Å². The first-order chi connectivity index (χ1) is 10.6. The van der Waals surface area contributed by atoms with Crippen LogP contribution in [0.25, 0.3) is 10.9 Å². The second-order valence-electron chi connectivity index (χ2n) is 6.31. The number of rotatable bonds is 2. The molecule has 22 heavy (non-hydrogen) atoms. The second kappa shape index (κ2) is 4.74. The summed E-state index contributed by atoms with van der Waals surface area (Å²) in [5.41, 5.74) is 3.46. The van der Waals surface area contributed by atoms with E-state index in [1.807, 2.05) is 30.9 Å². The lowest BCUT2D eigenvalue weighted by Crippen LogP contribution is -2.43. The maximum Gasteiger partial charge on any atom is 0.323 e. The number of nitrogens with one attached hydrogen (secondary N) is 1. The van der Waals surface area contributed by atoms with Crippen molar-refractivity contribution in [1.29, 1.82) is 0 Å². The number of para-hydroxylation sites is 1. The van der Waals surface area contributed by atoms with Crippen LogP contribution in [0.15, 0.2) is 24.3 Å². The van der Waals surface area contributed by atoms with Crippen molar-refractivity contribution in [2.24, 2.45) is 0 Å². The molecule has 3 atom stereocenters. The predicted octanol–water partition coefficient (Wildman–Crippen LogP) is 2.62. The third-order valence-electron chi connectivity index (χ3n) is 5.05. The van der Waals surface area contributed by atoms with Crippen LogP contribution in [0.4, 0.5) is 4.79 Å². The molecule has 5 nitrogen and oxygen atoms in total. The number of fused-ring (bicyclic) bond motifs is 4. The number of urea groups is 1. The molecule has 2 aromatic rings. The van der Waals surface area contributed by atoms with Crippen LogP contribution in [0.3, 0.4) is 0 Å². The van der Waals surface area contributed by atoms with Crippen LogP contribution < -0.4 is 0 Å². The van der Waals surface area contributed by atoms with E-state index >= 15 is 0 Å². The molecule has 1 saturated heterocycles. The van der Waals surface area contributed by atoms with Crippen LogP contribution in [-0.2, 0) is 6.42 Å². The Labute approximate surface area is 129 Å². The van der Waals surface area contributed by atoms with Crippen LogP contribution >= 0.6 is 0 Å². The molecule has 3 unspecified atom stereocenters. The number of hydrogen-bond acceptors (Lipinski definition) is 2. The van der Waals surface area contributed by atoms with E-state index in [2.05, 4.69) is 17.1 Å². The lowest BCUT2D eigenvalue weighted by atomic mass is 9.93. The third kappa shape index (κ3) is 1.66. The summed E-state index contributed by atoms with van der Waals surface area (Å²) in [6.07, 6.45) is 0.847. The topological polar surface area (TPSA) is 59.6 Å². The highest BCUT2D eigenvalue weighted by Gasteiger charge is 2.50. The number of benzene rings is 1. The first-order valence-corrected chi connectivity index (χ1v) is 8.00. The lowest BCUT2D eigenvalue weighted by Gasteiger charge is -2.35. The Morgan fingerprint density at radius 1 is 1.36 bits per heavy atom. The van der Waals surface area contributed by atoms with Gasteiger partial charge in [-0.25, -0.2) is 4.79 Å². The van der Waals surface area contributed by atoms with Gasteiger partial charge in [0.15, 0.2) is 6.23 Å². The van der Waals surface area contributed by atoms with E-state index in [9.17, 15) is 9.90 Å². The molecule has 2 aliphatic rings. The zero-order chi connectivity index (χ0) is 15.4. The third-order valence-corrected chi connectivity index (χ3v) is 5.05. The Morgan fingerprint density at radius 2 is 2.14 bits per heavy atom. The number of aliphatic hydroxyl groups is 1. The average Bonchev–Trinajstić information content (AvgIpc) is 3.00. The van der Waals surface area contributed by atoms with E-state index < -0.39 is 6.23 Å². The van der Waals surface area contributed by atoms with Crippen molar-refractivity contribution in [3.63, 3.8) is 0 Å². The fraction of sp³-hybridized carbons (Fsp3) is 0.471. The minimum Gasteiger partial charge on any atom is -0.371 e. The van der Waals surface area contributed by atoms with Crippen molar-refractivity contribution in [2.75, 3.05) is 6.54 Å². The predicted molar refractivity (Wildman–Crippen MR) is 84.4 cm³/mol. The normalized spacial score (nSPS) is 27.4. The molecule has 4 rings (SSSR count). The van der Waals surface area contributed by atoms with Crippen LogP contribution in [0, 0.1) is 0 Å². The van der Waals surface area contributed by atoms with Crippen molar-refractivity contribution < 1.29 is 9.90 Å². The molecule has 1 aromatic heterocycles. The van der Waals surface area contributed by atoms with E-state index in [4.69, 9.17) is 0 Å². The zero-order valence-corrected chi connectivity index (χ0v) is 12.9. The van der Waals surface area contributed by atoms with Crippen molar-refractivity contribution >= 4 is 16.9 Å². The molecule has 0 spiro atoms. The number of carbonyl (C=O) groups excluding carboxylic acids is 1. The quantitative estimate of drug-likeness (QED) is 0.895. The average molecular weight is 299 g/mol. The highest BCUT2D eigenvalue weighted by atomic mass is 16.3. The summed E-state index contributed by atoms with van der Waals surface area (Å²) in [6.45, 7) is 4.67. The van der Waals surface area contributed by atoms with Gasteiger partial charge in [0, 0.05) is 23.1 Å². The molecule has 5 heteroatoms. The maximum absolute atomic E-state index is 12.7. The van der Waals surface area contributed by atoms with Crippen LogP contribution in [0.1, 0.15) is 37.6 Å². The number of H-pyrrole nitrogens is 1. The van der Waals surface area contributed by atoms with Gasteiger partial charge in [-0.1, -0.05) is 25.1 Å². The van der Waals surface area contributed by atoms with Crippen molar-refractivity contribution in [2.45, 2.75) is 45.0 Å². The Hall–Kier alpha value is -2.01. The Kier molecular flexibility index (Phi) is 2.94. The molecule has 0 aliphatic carbocycles. The maximum atomic E-state index is 12.7. The van der Waals surface area contributed by atoms with Crippen molar-refractivity contribution in [3.05, 3.63) is 35.5 Å². The first-order valence-electron chi connectivity index (χ1n) is 8.00. The van der Waals surface area contributed by atoms with Crippen molar-refractivity contribution in [1.82, 2.24) is 14.8 Å². The number of aromatic nitrogens is 1. The van der Waals surface area contributed by atoms with Crippen molar-refractivity contribution in [3.8, 4) is 0 Å². The number of amides is 2. The molecule has 3 heterocycles. The van der Waals surface area contributed by atoms with E-state index in [1.165, 1.54) is 10.9 Å². The van der Waals surface area contributed by atoms with Gasteiger partial charge in [-0.05, 0) is 31.4 Å². The lowest BCUT2D eigenvalue weighted by molar-refractivity contribution is 0.0260. The fourth-order valence-electron chi connectivity index (χ4n) is 4.03. The molecule has 2 N–H and O–H groups in total. The van der Waals surface area contributed by atoms with Crippen LogP contribution in [0.2, 0.25) is 0 Å². The molecular formula is C17H21N3O2. The van der Waals surface area contributed by atoms with Gasteiger partial charge in [-0.2, -0.15) is 0 Å². The summed E-state index contributed by atoms with van der Waals surface area (Å²) in [4.78, 5) is 19.6. The minimum absolute atomic E-state index is 0.0369. The smallest absolute Gasteiger partial charge is 0.323 e. The summed E-state index contributed by atoms with van der Waals surface area (Å²) >= 11 is 0. The van der Waals surface area contributed by atoms with Gasteiger partial charge in [0.2, 0.25) is 0 Å². The monoisotopic (exact) mass is 299 g/mol. The van der Waals surface area contributed by atoms with Gasteiger partial charge in [-0.15, -0.1) is 0 Å². The summed E-state index contributed by atoms with van der Waals surface area (Å²) in [5, 5.41) is 11.8. The molecule has 0 radical (unpaired) electrons. The molecule has 2 amide bonds. The molecule has 2 aliphatic heterocycles. The van der Waals surface area contributed by atoms with Gasteiger partial charge in [0.25, 0.3) is 0 Å². The molecule has 1 fully saturated rings. The number of aromatic amines is 1. The van der Waals surface area contributed by atoms with E-state index in [1.54, 1.807) is 4.90 Å². The standard InChI is InChI=1S/C17H21N3O2/c1-3-8-19-16(21)14-9-12-11-6-4-5-7-13(11)18-15(12)10(2)20(14)17(19)22/h4-7,10,14,16,18,21H,3,8-9H2,1-2H3. The Balaban J connectivity index is 1.80. The molecule has 116 valence electrons. The Morgan fingerprint density at radius 3 is 2.91 bits per heavy atom. The minimum atomic E-state index is -0.711. The zero-order valence-electron chi connectivity index (χ0n) is 12.9. The summed E-state index contributed by atoms with van der Waals surface area (Å²) in [7, 11) is 0. The van der Waals surface area contributed by atoms with Gasteiger partial charge in [-0.3, -0.25) is 4.90 Å². The Bertz CT molecular complexity index is 739. The summed E-state index contributed by atoms with van der Waals surface area (Å²) in [5.74, 6) is 0. The second-order valence-corrected chi connectivity index (χ2v) is 6.31.